The van der Waals surface area contributed by atoms with Crippen LogP contribution >= 0.6 is 0 Å². The molecule has 2 fully saturated rings. The second-order valence-electron chi connectivity index (χ2n) is 6.46. The number of piperidine rings is 1. The predicted octanol–water partition coefficient (Wildman–Crippen LogP) is 0.659. The predicted molar refractivity (Wildman–Crippen MR) is 72.7 cm³/mol. The molecule has 0 aliphatic carbocycles. The van der Waals surface area contributed by atoms with Gasteiger partial charge >= 0.3 is 0 Å². The lowest BCUT2D eigenvalue weighted by atomic mass is 9.85. The smallest absolute Gasteiger partial charge is 0.0579 e. The van der Waals surface area contributed by atoms with Gasteiger partial charge in [0.1, 0.15) is 0 Å². The van der Waals surface area contributed by atoms with E-state index in [1.165, 1.54) is 38.9 Å². The van der Waals surface area contributed by atoms with E-state index in [0.717, 1.165) is 25.7 Å². The van der Waals surface area contributed by atoms with E-state index in [1.54, 1.807) is 0 Å². The van der Waals surface area contributed by atoms with Crippen LogP contribution in [0.5, 0.6) is 0 Å². The van der Waals surface area contributed by atoms with Crippen molar-refractivity contribution in [2.75, 3.05) is 60.1 Å². The number of aliphatic hydroxyl groups excluding tert-OH is 1. The average molecular weight is 256 g/mol. The van der Waals surface area contributed by atoms with E-state index < -0.39 is 0 Å². The molecule has 0 aromatic heterocycles. The van der Waals surface area contributed by atoms with Crippen molar-refractivity contribution in [3.63, 3.8) is 0 Å². The molecule has 18 heavy (non-hydrogen) atoms. The molecule has 0 spiro atoms. The van der Waals surface area contributed by atoms with Crippen LogP contribution in [0.4, 0.5) is 0 Å². The van der Waals surface area contributed by atoms with Crippen LogP contribution in [0.3, 0.4) is 0 Å². The summed E-state index contributed by atoms with van der Waals surface area (Å²) < 4.78 is 5.26. The minimum atomic E-state index is 0.0521. The van der Waals surface area contributed by atoms with E-state index in [4.69, 9.17) is 4.74 Å². The Morgan fingerprint density at radius 2 is 1.94 bits per heavy atom. The highest BCUT2D eigenvalue weighted by molar-refractivity contribution is 4.89. The van der Waals surface area contributed by atoms with Crippen molar-refractivity contribution in [2.24, 2.45) is 11.3 Å². The van der Waals surface area contributed by atoms with Gasteiger partial charge in [0.05, 0.1) is 25.2 Å². The first kappa shape index (κ1) is 14.3. The summed E-state index contributed by atoms with van der Waals surface area (Å²) in [7, 11) is 4.30. The molecule has 0 amide bonds. The first-order valence-corrected chi connectivity index (χ1v) is 7.19. The zero-order valence-electron chi connectivity index (χ0n) is 11.9. The SMILES string of the molecule is CN(C)CCC1CCN(CC2(CO)COC2)CC1. The van der Waals surface area contributed by atoms with Crippen LogP contribution in [0.15, 0.2) is 0 Å². The van der Waals surface area contributed by atoms with Gasteiger partial charge < -0.3 is 19.6 Å². The number of hydrogen-bond acceptors (Lipinski definition) is 4. The second kappa shape index (κ2) is 6.33. The Labute approximate surface area is 111 Å². The molecule has 0 aromatic carbocycles. The van der Waals surface area contributed by atoms with Crippen LogP contribution in [-0.2, 0) is 4.74 Å². The molecule has 106 valence electrons. The zero-order chi connectivity index (χ0) is 13.0. The van der Waals surface area contributed by atoms with Gasteiger partial charge in [0.2, 0.25) is 0 Å². The number of nitrogens with zero attached hydrogens (tertiary/aromatic N) is 2. The molecule has 1 N–H and O–H groups in total. The van der Waals surface area contributed by atoms with E-state index in [9.17, 15) is 5.11 Å². The van der Waals surface area contributed by atoms with Gasteiger partial charge in [0, 0.05) is 6.54 Å². The van der Waals surface area contributed by atoms with E-state index in [0.29, 0.717) is 0 Å². The standard InChI is InChI=1S/C14H28N2O2/c1-15(2)6-3-13-4-7-16(8-5-13)9-14(10-17)11-18-12-14/h13,17H,3-12H2,1-2H3. The Kier molecular flexibility index (Phi) is 5.01. The maximum Gasteiger partial charge on any atom is 0.0579 e. The lowest BCUT2D eigenvalue weighted by molar-refractivity contribution is -0.150. The first-order chi connectivity index (χ1) is 8.63. The first-order valence-electron chi connectivity index (χ1n) is 7.19. The number of ether oxygens (including phenoxy) is 1. The van der Waals surface area contributed by atoms with Crippen LogP contribution in [0, 0.1) is 11.3 Å². The topological polar surface area (TPSA) is 35.9 Å². The third-order valence-electron chi connectivity index (χ3n) is 4.40. The van der Waals surface area contributed by atoms with E-state index in [-0.39, 0.29) is 12.0 Å². The summed E-state index contributed by atoms with van der Waals surface area (Å²) >= 11 is 0. The maximum absolute atomic E-state index is 9.45. The van der Waals surface area contributed by atoms with Crippen LogP contribution in [0.25, 0.3) is 0 Å². The van der Waals surface area contributed by atoms with Crippen LogP contribution in [-0.4, -0.2) is 75.0 Å². The minimum Gasteiger partial charge on any atom is -0.396 e. The molecular formula is C14H28N2O2. The molecule has 4 heteroatoms. The van der Waals surface area contributed by atoms with Crippen LogP contribution < -0.4 is 0 Å². The van der Waals surface area contributed by atoms with Gasteiger partial charge in [0.25, 0.3) is 0 Å². The molecule has 2 heterocycles. The molecule has 2 aliphatic heterocycles. The van der Waals surface area contributed by atoms with Crippen molar-refractivity contribution >= 4 is 0 Å². The van der Waals surface area contributed by atoms with Crippen molar-refractivity contribution in [2.45, 2.75) is 19.3 Å². The summed E-state index contributed by atoms with van der Waals surface area (Å²) in [5, 5.41) is 9.45. The fourth-order valence-corrected chi connectivity index (χ4v) is 2.97. The normalized spacial score (nSPS) is 25.3. The molecule has 0 aromatic rings. The highest BCUT2D eigenvalue weighted by atomic mass is 16.5. The van der Waals surface area contributed by atoms with Crippen molar-refractivity contribution < 1.29 is 9.84 Å². The van der Waals surface area contributed by atoms with Gasteiger partial charge in [-0.15, -0.1) is 0 Å². The largest absolute Gasteiger partial charge is 0.396 e. The maximum atomic E-state index is 9.45. The number of hydrogen-bond donors (Lipinski definition) is 1. The average Bonchev–Trinajstić information content (AvgIpc) is 2.33. The Bertz CT molecular complexity index is 241. The summed E-state index contributed by atoms with van der Waals surface area (Å²) in [4.78, 5) is 4.80. The van der Waals surface area contributed by atoms with Crippen molar-refractivity contribution in [1.82, 2.24) is 9.80 Å². The number of rotatable bonds is 6. The Morgan fingerprint density at radius 3 is 2.39 bits per heavy atom. The Morgan fingerprint density at radius 1 is 1.28 bits per heavy atom. The molecule has 0 atom stereocenters. The lowest BCUT2D eigenvalue weighted by Crippen LogP contribution is -2.54. The highest BCUT2D eigenvalue weighted by Gasteiger charge is 2.40. The van der Waals surface area contributed by atoms with Crippen molar-refractivity contribution in [3.8, 4) is 0 Å². The second-order valence-corrected chi connectivity index (χ2v) is 6.46. The van der Waals surface area contributed by atoms with Gasteiger partial charge in [-0.3, -0.25) is 0 Å². The molecule has 0 unspecified atom stereocenters. The molecule has 2 rings (SSSR count). The molecule has 0 radical (unpaired) electrons. The third kappa shape index (κ3) is 3.67. The van der Waals surface area contributed by atoms with Crippen LogP contribution in [0.1, 0.15) is 19.3 Å². The monoisotopic (exact) mass is 256 g/mol. The summed E-state index contributed by atoms with van der Waals surface area (Å²) in [6.45, 7) is 6.37. The molecule has 4 nitrogen and oxygen atoms in total. The number of aliphatic hydroxyl groups is 1. The Balaban J connectivity index is 1.67. The van der Waals surface area contributed by atoms with E-state index in [1.807, 2.05) is 0 Å². The molecule has 0 bridgehead atoms. The van der Waals surface area contributed by atoms with Crippen molar-refractivity contribution in [1.29, 1.82) is 0 Å². The van der Waals surface area contributed by atoms with Gasteiger partial charge in [-0.2, -0.15) is 0 Å². The quantitative estimate of drug-likeness (QED) is 0.757. The summed E-state index contributed by atoms with van der Waals surface area (Å²) in [6.07, 6.45) is 3.96. The minimum absolute atomic E-state index is 0.0521. The summed E-state index contributed by atoms with van der Waals surface area (Å²) in [5.74, 6) is 0.895. The lowest BCUT2D eigenvalue weighted by Gasteiger charge is -2.45. The highest BCUT2D eigenvalue weighted by Crippen LogP contribution is 2.30. The number of likely N-dealkylation sites (tertiary alicyclic amines) is 1. The molecule has 2 aliphatic rings. The van der Waals surface area contributed by atoms with E-state index >= 15 is 0 Å². The van der Waals surface area contributed by atoms with Gasteiger partial charge in [0.15, 0.2) is 0 Å². The summed E-state index contributed by atoms with van der Waals surface area (Å²) in [5.41, 5.74) is 0.0521. The summed E-state index contributed by atoms with van der Waals surface area (Å²) in [6, 6.07) is 0. The van der Waals surface area contributed by atoms with Gasteiger partial charge in [-0.1, -0.05) is 0 Å². The van der Waals surface area contributed by atoms with Crippen molar-refractivity contribution in [3.05, 3.63) is 0 Å². The fraction of sp³-hybridized carbons (Fsp3) is 1.00. The third-order valence-corrected chi connectivity index (χ3v) is 4.40. The van der Waals surface area contributed by atoms with Crippen LogP contribution in [0.2, 0.25) is 0 Å². The molecular weight excluding hydrogens is 228 g/mol. The van der Waals surface area contributed by atoms with E-state index in [2.05, 4.69) is 23.9 Å². The van der Waals surface area contributed by atoms with Gasteiger partial charge in [-0.05, 0) is 58.9 Å². The Hall–Kier alpha value is -0.160. The van der Waals surface area contributed by atoms with Gasteiger partial charge in [-0.25, -0.2) is 0 Å². The molecule has 2 saturated heterocycles. The zero-order valence-corrected chi connectivity index (χ0v) is 11.9. The molecule has 0 saturated carbocycles. The fourth-order valence-electron chi connectivity index (χ4n) is 2.97.